The van der Waals surface area contributed by atoms with Crippen molar-refractivity contribution in [2.45, 2.75) is 0 Å². The standard InChI is InChI=1S/C14H12N4S/c1-18-14(12-7-3-5-9-16-12)10-13(17-19-18)11-6-2-4-8-15-11/h2-10H,1H3. The maximum absolute atomic E-state index is 4.45. The van der Waals surface area contributed by atoms with Crippen LogP contribution in [0.15, 0.2) is 59.3 Å². The van der Waals surface area contributed by atoms with E-state index in [2.05, 4.69) is 14.4 Å². The monoisotopic (exact) mass is 268 g/mol. The minimum Gasteiger partial charge on any atom is -0.298 e. The van der Waals surface area contributed by atoms with Crippen LogP contribution in [0.4, 0.5) is 0 Å². The molecule has 0 bridgehead atoms. The number of nitrogens with zero attached hydrogens (tertiary/aromatic N) is 4. The molecule has 5 heteroatoms. The number of rotatable bonds is 2. The number of hydrogen-bond donors (Lipinski definition) is 0. The van der Waals surface area contributed by atoms with E-state index in [1.54, 1.807) is 12.4 Å². The largest absolute Gasteiger partial charge is 0.298 e. The van der Waals surface area contributed by atoms with Crippen LogP contribution in [0.5, 0.6) is 0 Å². The predicted molar refractivity (Wildman–Crippen MR) is 78.3 cm³/mol. The van der Waals surface area contributed by atoms with E-state index in [9.17, 15) is 0 Å². The van der Waals surface area contributed by atoms with Crippen LogP contribution in [0, 0.1) is 0 Å². The summed E-state index contributed by atoms with van der Waals surface area (Å²) in [6.07, 6.45) is 5.58. The van der Waals surface area contributed by atoms with Gasteiger partial charge in [0.15, 0.2) is 0 Å². The van der Waals surface area contributed by atoms with Crippen LogP contribution < -0.4 is 0 Å². The highest BCUT2D eigenvalue weighted by atomic mass is 32.2. The maximum Gasteiger partial charge on any atom is 0.101 e. The molecule has 0 aliphatic carbocycles. The Morgan fingerprint density at radius 1 is 0.947 bits per heavy atom. The molecule has 94 valence electrons. The van der Waals surface area contributed by atoms with Gasteiger partial charge in [-0.1, -0.05) is 12.1 Å². The molecule has 19 heavy (non-hydrogen) atoms. The first kappa shape index (κ1) is 11.9. The van der Waals surface area contributed by atoms with Crippen molar-refractivity contribution in [1.82, 2.24) is 14.3 Å². The van der Waals surface area contributed by atoms with Gasteiger partial charge in [0.2, 0.25) is 0 Å². The van der Waals surface area contributed by atoms with E-state index < -0.39 is 0 Å². The van der Waals surface area contributed by atoms with Crippen LogP contribution in [-0.4, -0.2) is 27.0 Å². The molecular formula is C14H12N4S. The van der Waals surface area contributed by atoms with Crippen LogP contribution in [0.2, 0.25) is 0 Å². The summed E-state index contributed by atoms with van der Waals surface area (Å²) in [4.78, 5) is 8.71. The van der Waals surface area contributed by atoms with Crippen molar-refractivity contribution in [3.8, 4) is 0 Å². The van der Waals surface area contributed by atoms with Gasteiger partial charge in [-0.2, -0.15) is 4.40 Å². The van der Waals surface area contributed by atoms with E-state index in [0.29, 0.717) is 0 Å². The highest BCUT2D eigenvalue weighted by molar-refractivity contribution is 7.96. The fraction of sp³-hybridized carbons (Fsp3) is 0.0714. The van der Waals surface area contributed by atoms with Gasteiger partial charge < -0.3 is 0 Å². The Hall–Kier alpha value is -2.14. The predicted octanol–water partition coefficient (Wildman–Crippen LogP) is 2.82. The highest BCUT2D eigenvalue weighted by Gasteiger charge is 2.17. The smallest absolute Gasteiger partial charge is 0.101 e. The minimum atomic E-state index is 0.865. The molecule has 2 aromatic heterocycles. The normalized spacial score (nSPS) is 14.9. The lowest BCUT2D eigenvalue weighted by molar-refractivity contribution is 0.797. The molecule has 0 radical (unpaired) electrons. The van der Waals surface area contributed by atoms with E-state index in [4.69, 9.17) is 0 Å². The third-order valence-electron chi connectivity index (χ3n) is 2.73. The summed E-state index contributed by atoms with van der Waals surface area (Å²) in [6, 6.07) is 11.7. The van der Waals surface area contributed by atoms with Crippen molar-refractivity contribution in [2.75, 3.05) is 7.05 Å². The Balaban J connectivity index is 2.00. The van der Waals surface area contributed by atoms with E-state index >= 15 is 0 Å². The van der Waals surface area contributed by atoms with Crippen molar-refractivity contribution in [1.29, 1.82) is 0 Å². The van der Waals surface area contributed by atoms with Crippen LogP contribution in [0.25, 0.3) is 5.70 Å². The summed E-state index contributed by atoms with van der Waals surface area (Å²) in [6.45, 7) is 0. The summed E-state index contributed by atoms with van der Waals surface area (Å²) in [5.41, 5.74) is 3.70. The van der Waals surface area contributed by atoms with Crippen molar-refractivity contribution in [3.63, 3.8) is 0 Å². The Bertz CT molecular complexity index is 622. The average Bonchev–Trinajstić information content (AvgIpc) is 2.49. The molecule has 3 rings (SSSR count). The van der Waals surface area contributed by atoms with Gasteiger partial charge in [0.1, 0.15) is 5.71 Å². The zero-order valence-electron chi connectivity index (χ0n) is 10.4. The first-order valence-electron chi connectivity index (χ1n) is 5.88. The molecule has 0 atom stereocenters. The van der Waals surface area contributed by atoms with Crippen molar-refractivity contribution < 1.29 is 0 Å². The average molecular weight is 268 g/mol. The van der Waals surface area contributed by atoms with Crippen molar-refractivity contribution in [2.24, 2.45) is 4.40 Å². The first-order chi connectivity index (χ1) is 9.34. The van der Waals surface area contributed by atoms with Gasteiger partial charge in [-0.3, -0.25) is 14.3 Å². The molecule has 4 nitrogen and oxygen atoms in total. The maximum atomic E-state index is 4.45. The zero-order chi connectivity index (χ0) is 13.1. The molecule has 0 saturated carbocycles. The number of hydrogen-bond acceptors (Lipinski definition) is 5. The number of allylic oxidation sites excluding steroid dienone is 1. The Labute approximate surface area is 116 Å². The van der Waals surface area contributed by atoms with Gasteiger partial charge in [0.05, 0.1) is 29.2 Å². The second kappa shape index (κ2) is 5.24. The third kappa shape index (κ3) is 2.51. The van der Waals surface area contributed by atoms with Crippen LogP contribution in [0.1, 0.15) is 11.4 Å². The molecule has 1 aliphatic rings. The van der Waals surface area contributed by atoms with E-state index in [1.807, 2.05) is 53.8 Å². The first-order valence-corrected chi connectivity index (χ1v) is 6.61. The molecule has 0 saturated heterocycles. The van der Waals surface area contributed by atoms with Gasteiger partial charge in [-0.25, -0.2) is 0 Å². The highest BCUT2D eigenvalue weighted by Crippen LogP contribution is 2.28. The zero-order valence-corrected chi connectivity index (χ0v) is 11.2. The van der Waals surface area contributed by atoms with E-state index in [0.717, 1.165) is 22.8 Å². The molecule has 1 aliphatic heterocycles. The summed E-state index contributed by atoms with van der Waals surface area (Å²) in [7, 11) is 1.98. The molecular weight excluding hydrogens is 256 g/mol. The van der Waals surface area contributed by atoms with Gasteiger partial charge >= 0.3 is 0 Å². The summed E-state index contributed by atoms with van der Waals surface area (Å²) < 4.78 is 6.44. The molecule has 0 amide bonds. The fourth-order valence-corrected chi connectivity index (χ4v) is 2.37. The topological polar surface area (TPSA) is 41.4 Å². The summed E-state index contributed by atoms with van der Waals surface area (Å²) in [5.74, 6) is 0. The van der Waals surface area contributed by atoms with Gasteiger partial charge in [-0.05, 0) is 30.3 Å². The molecule has 0 spiro atoms. The second-order valence-corrected chi connectivity index (χ2v) is 4.91. The lowest BCUT2D eigenvalue weighted by atomic mass is 10.1. The van der Waals surface area contributed by atoms with E-state index in [1.165, 1.54) is 12.1 Å². The lowest BCUT2D eigenvalue weighted by Gasteiger charge is -2.22. The van der Waals surface area contributed by atoms with Crippen LogP contribution in [0.3, 0.4) is 0 Å². The lowest BCUT2D eigenvalue weighted by Crippen LogP contribution is -2.15. The third-order valence-corrected chi connectivity index (χ3v) is 3.45. The molecule has 0 unspecified atom stereocenters. The number of pyridine rings is 2. The summed E-state index contributed by atoms with van der Waals surface area (Å²) in [5, 5.41) is 0. The Morgan fingerprint density at radius 3 is 2.26 bits per heavy atom. The molecule has 0 fully saturated rings. The van der Waals surface area contributed by atoms with Gasteiger partial charge in [0.25, 0.3) is 0 Å². The van der Waals surface area contributed by atoms with Gasteiger partial charge in [0, 0.05) is 19.4 Å². The van der Waals surface area contributed by atoms with Crippen LogP contribution >= 0.6 is 12.1 Å². The van der Waals surface area contributed by atoms with Crippen molar-refractivity contribution in [3.05, 3.63) is 66.3 Å². The molecule has 3 heterocycles. The van der Waals surface area contributed by atoms with Crippen molar-refractivity contribution >= 4 is 23.5 Å². The fourth-order valence-electron chi connectivity index (χ4n) is 1.78. The summed E-state index contributed by atoms with van der Waals surface area (Å²) >= 11 is 1.40. The molecule has 2 aromatic rings. The molecule has 0 N–H and O–H groups in total. The molecule has 0 aromatic carbocycles. The van der Waals surface area contributed by atoms with E-state index in [-0.39, 0.29) is 0 Å². The Morgan fingerprint density at radius 2 is 1.63 bits per heavy atom. The quantitative estimate of drug-likeness (QED) is 0.785. The van der Waals surface area contributed by atoms with Gasteiger partial charge in [-0.15, -0.1) is 0 Å². The Kier molecular flexibility index (Phi) is 3.29. The second-order valence-electron chi connectivity index (χ2n) is 4.02. The number of aromatic nitrogens is 2. The minimum absolute atomic E-state index is 0.865. The SMILES string of the molecule is CN1SN=C(c2ccccn2)C=C1c1ccccn1. The van der Waals surface area contributed by atoms with Crippen LogP contribution in [-0.2, 0) is 0 Å².